The van der Waals surface area contributed by atoms with E-state index >= 15 is 0 Å². The molecule has 0 saturated heterocycles. The van der Waals surface area contributed by atoms with Gasteiger partial charge >= 0.3 is 0 Å². The molecule has 2 aromatic rings. The molecular weight excluding hydrogens is 326 g/mol. The molecule has 0 spiro atoms. The molecule has 0 aliphatic carbocycles. The summed E-state index contributed by atoms with van der Waals surface area (Å²) in [5.41, 5.74) is 1.67. The zero-order valence-corrected chi connectivity index (χ0v) is 13.8. The van der Waals surface area contributed by atoms with Gasteiger partial charge in [0.25, 0.3) is 0 Å². The predicted molar refractivity (Wildman–Crippen MR) is 97.9 cm³/mol. The van der Waals surface area contributed by atoms with Crippen molar-refractivity contribution in [1.29, 1.82) is 0 Å². The van der Waals surface area contributed by atoms with Gasteiger partial charge < -0.3 is 15.3 Å². The fraction of sp³-hybridized carbons (Fsp3) is 0.105. The number of rotatable bonds is 6. The topological polar surface area (TPSA) is 73.1 Å². The normalized spacial score (nSPS) is 10.9. The summed E-state index contributed by atoms with van der Waals surface area (Å²) >= 11 is 5.90. The minimum absolute atomic E-state index is 0.00909. The van der Waals surface area contributed by atoms with Gasteiger partial charge in [0.05, 0.1) is 0 Å². The first-order chi connectivity index (χ1) is 11.5. The Hall–Kier alpha value is -2.72. The van der Waals surface area contributed by atoms with E-state index in [2.05, 4.69) is 18.2 Å². The summed E-state index contributed by atoms with van der Waals surface area (Å²) in [7, 11) is 0. The van der Waals surface area contributed by atoms with Gasteiger partial charge in [-0.25, -0.2) is 0 Å². The van der Waals surface area contributed by atoms with Gasteiger partial charge in [0, 0.05) is 27.9 Å². The largest absolute Gasteiger partial charge is 0.508 e. The molecule has 0 atom stereocenters. The molecule has 0 radical (unpaired) electrons. The Morgan fingerprint density at radius 2 is 1.71 bits per heavy atom. The molecule has 0 bridgehead atoms. The van der Waals surface area contributed by atoms with Gasteiger partial charge in [-0.2, -0.15) is 0 Å². The Labute approximate surface area is 145 Å². The van der Waals surface area contributed by atoms with Crippen LogP contribution in [-0.2, 0) is 12.8 Å². The predicted octanol–water partition coefficient (Wildman–Crippen LogP) is 4.66. The van der Waals surface area contributed by atoms with E-state index in [9.17, 15) is 15.3 Å². The van der Waals surface area contributed by atoms with Gasteiger partial charge in [-0.3, -0.25) is 4.99 Å². The number of hydrogen-bond acceptors (Lipinski definition) is 4. The Bertz CT molecular complexity index is 813. The molecule has 124 valence electrons. The highest BCUT2D eigenvalue weighted by atomic mass is 35.5. The molecule has 0 unspecified atom stereocenters. The van der Waals surface area contributed by atoms with Crippen molar-refractivity contribution in [2.24, 2.45) is 4.99 Å². The lowest BCUT2D eigenvalue weighted by molar-refractivity contribution is 0.450. The monoisotopic (exact) mass is 343 g/mol. The summed E-state index contributed by atoms with van der Waals surface area (Å²) in [5.74, 6) is 0.0167. The van der Waals surface area contributed by atoms with E-state index in [0.717, 1.165) is 0 Å². The van der Waals surface area contributed by atoms with Crippen LogP contribution in [0, 0.1) is 0 Å². The van der Waals surface area contributed by atoms with Crippen LogP contribution in [0.3, 0.4) is 0 Å². The van der Waals surface area contributed by atoms with Crippen molar-refractivity contribution < 1.29 is 15.3 Å². The maximum atomic E-state index is 10.5. The average Bonchev–Trinajstić information content (AvgIpc) is 2.55. The van der Waals surface area contributed by atoms with Crippen molar-refractivity contribution in [3.63, 3.8) is 0 Å². The van der Waals surface area contributed by atoms with Crippen LogP contribution in [0.15, 0.2) is 54.6 Å². The average molecular weight is 344 g/mol. The second-order valence-corrected chi connectivity index (χ2v) is 5.61. The third kappa shape index (κ3) is 3.78. The highest BCUT2D eigenvalue weighted by Crippen LogP contribution is 2.35. The van der Waals surface area contributed by atoms with E-state index in [-0.39, 0.29) is 22.9 Å². The molecule has 0 aliphatic heterocycles. The molecule has 0 fully saturated rings. The zero-order valence-electron chi connectivity index (χ0n) is 13.0. The van der Waals surface area contributed by atoms with Gasteiger partial charge in [0.2, 0.25) is 0 Å². The molecule has 5 heteroatoms. The van der Waals surface area contributed by atoms with Gasteiger partial charge in [-0.05, 0) is 37.1 Å². The second-order valence-electron chi connectivity index (χ2n) is 5.17. The Kier molecular flexibility index (Phi) is 5.66. The number of benzene rings is 2. The van der Waals surface area contributed by atoms with Crippen molar-refractivity contribution in [2.45, 2.75) is 12.8 Å². The Morgan fingerprint density at radius 1 is 1.00 bits per heavy atom. The maximum absolute atomic E-state index is 10.5. The molecule has 24 heavy (non-hydrogen) atoms. The number of aromatic hydroxyl groups is 3. The quantitative estimate of drug-likeness (QED) is 0.405. The molecule has 0 aromatic heterocycles. The molecule has 2 rings (SSSR count). The summed E-state index contributed by atoms with van der Waals surface area (Å²) in [6, 6.07) is 5.99. The highest BCUT2D eigenvalue weighted by molar-refractivity contribution is 6.30. The van der Waals surface area contributed by atoms with Crippen molar-refractivity contribution in [2.75, 3.05) is 0 Å². The Morgan fingerprint density at radius 3 is 2.38 bits per heavy atom. The first-order valence-corrected chi connectivity index (χ1v) is 7.66. The summed E-state index contributed by atoms with van der Waals surface area (Å²) in [4.78, 5) is 4.19. The summed E-state index contributed by atoms with van der Waals surface area (Å²) in [6.45, 7) is 7.30. The maximum Gasteiger partial charge on any atom is 0.141 e. The first kappa shape index (κ1) is 17.6. The van der Waals surface area contributed by atoms with Crippen LogP contribution < -0.4 is 0 Å². The van der Waals surface area contributed by atoms with Crippen molar-refractivity contribution in [1.82, 2.24) is 0 Å². The lowest BCUT2D eigenvalue weighted by atomic mass is 9.97. The lowest BCUT2D eigenvalue weighted by Gasteiger charge is -2.13. The van der Waals surface area contributed by atoms with Crippen LogP contribution in [0.4, 0.5) is 5.69 Å². The highest BCUT2D eigenvalue weighted by Gasteiger charge is 2.15. The third-order valence-electron chi connectivity index (χ3n) is 3.49. The number of aliphatic imine (C=N–C) groups is 1. The van der Waals surface area contributed by atoms with E-state index in [4.69, 9.17) is 11.6 Å². The van der Waals surface area contributed by atoms with Gasteiger partial charge in [-0.15, -0.1) is 13.2 Å². The third-order valence-corrected chi connectivity index (χ3v) is 3.72. The minimum Gasteiger partial charge on any atom is -0.508 e. The number of phenols is 3. The molecule has 0 heterocycles. The van der Waals surface area contributed by atoms with Crippen LogP contribution in [0.1, 0.15) is 16.7 Å². The van der Waals surface area contributed by atoms with E-state index in [1.165, 1.54) is 24.4 Å². The molecular formula is C19H18ClNO3. The minimum atomic E-state index is -0.0353. The fourth-order valence-corrected chi connectivity index (χ4v) is 2.48. The van der Waals surface area contributed by atoms with Crippen molar-refractivity contribution in [3.8, 4) is 17.2 Å². The van der Waals surface area contributed by atoms with Crippen molar-refractivity contribution in [3.05, 3.63) is 71.3 Å². The first-order valence-electron chi connectivity index (χ1n) is 7.29. The number of halogens is 1. The van der Waals surface area contributed by atoms with Crippen LogP contribution >= 0.6 is 11.6 Å². The van der Waals surface area contributed by atoms with Crippen LogP contribution in [0.5, 0.6) is 17.2 Å². The van der Waals surface area contributed by atoms with Crippen LogP contribution in [0.25, 0.3) is 0 Å². The SMILES string of the molecule is C=CCc1cc(O)c(CC=C)c(/C=N/c2cc(Cl)ccc2O)c1O. The van der Waals surface area contributed by atoms with Gasteiger partial charge in [0.1, 0.15) is 22.9 Å². The smallest absolute Gasteiger partial charge is 0.141 e. The lowest BCUT2D eigenvalue weighted by Crippen LogP contribution is -1.97. The summed E-state index contributed by atoms with van der Waals surface area (Å²) < 4.78 is 0. The fourth-order valence-electron chi connectivity index (χ4n) is 2.32. The number of nitrogens with zero attached hydrogens (tertiary/aromatic N) is 1. The van der Waals surface area contributed by atoms with E-state index < -0.39 is 0 Å². The van der Waals surface area contributed by atoms with Crippen molar-refractivity contribution >= 4 is 23.5 Å². The second kappa shape index (κ2) is 7.70. The number of phenolic OH excluding ortho intramolecular Hbond substituents is 3. The molecule has 2 aromatic carbocycles. The molecule has 0 amide bonds. The molecule has 0 saturated carbocycles. The van der Waals surface area contributed by atoms with Gasteiger partial charge in [0.15, 0.2) is 0 Å². The van der Waals surface area contributed by atoms with Gasteiger partial charge in [-0.1, -0.05) is 23.8 Å². The van der Waals surface area contributed by atoms with Crippen LogP contribution in [0.2, 0.25) is 5.02 Å². The van der Waals surface area contributed by atoms with E-state index in [1.807, 2.05) is 0 Å². The van der Waals surface area contributed by atoms with E-state index in [0.29, 0.717) is 34.6 Å². The Balaban J connectivity index is 2.57. The zero-order chi connectivity index (χ0) is 17.7. The molecule has 4 nitrogen and oxygen atoms in total. The summed E-state index contributed by atoms with van der Waals surface area (Å²) in [5, 5.41) is 31.0. The number of allylic oxidation sites excluding steroid dienone is 2. The van der Waals surface area contributed by atoms with Crippen LogP contribution in [-0.4, -0.2) is 21.5 Å². The summed E-state index contributed by atoms with van der Waals surface area (Å²) in [6.07, 6.45) is 5.40. The molecule has 0 aliphatic rings. The van der Waals surface area contributed by atoms with E-state index in [1.54, 1.807) is 18.2 Å². The molecule has 3 N–H and O–H groups in total. The standard InChI is InChI=1S/C19H18ClNO3/c1-3-5-12-9-18(23)14(6-4-2)15(19(12)24)11-21-16-10-13(20)7-8-17(16)22/h3-4,7-11,22-24H,1-2,5-6H2/b21-11+. The number of hydrogen-bond donors (Lipinski definition) is 3.